The molecule has 9 heteroatoms. The van der Waals surface area contributed by atoms with E-state index >= 15 is 0 Å². The molecule has 0 fully saturated rings. The summed E-state index contributed by atoms with van der Waals surface area (Å²) < 4.78 is 55.0. The smallest absolute Gasteiger partial charge is 0.269 e. The van der Waals surface area contributed by atoms with Crippen LogP contribution in [-0.2, 0) is 10.0 Å². The number of furan rings is 1. The summed E-state index contributed by atoms with van der Waals surface area (Å²) in [5.74, 6) is -2.06. The summed E-state index contributed by atoms with van der Waals surface area (Å²) in [5.41, 5.74) is 2.09. The van der Waals surface area contributed by atoms with Crippen LogP contribution in [0.25, 0.3) is 0 Å². The second kappa shape index (κ2) is 5.85. The van der Waals surface area contributed by atoms with E-state index in [4.69, 9.17) is 4.42 Å². The third-order valence-electron chi connectivity index (χ3n) is 2.73. The van der Waals surface area contributed by atoms with Crippen LogP contribution < -0.4 is 10.3 Å². The molecule has 22 heavy (non-hydrogen) atoms. The summed E-state index contributed by atoms with van der Waals surface area (Å²) in [6.45, 7) is 3.17. The van der Waals surface area contributed by atoms with Gasteiger partial charge in [-0.25, -0.2) is 17.2 Å². The molecule has 1 amide bonds. The molecule has 0 radical (unpaired) electrons. The lowest BCUT2D eigenvalue weighted by Gasteiger charge is -2.08. The SMILES string of the molecule is Cc1cc(C(=O)NNS(=O)(=O)c2cc(F)cc(F)c2)c(C)o1. The van der Waals surface area contributed by atoms with Crippen LogP contribution in [0.4, 0.5) is 8.78 Å². The zero-order valence-corrected chi connectivity index (χ0v) is 12.4. The van der Waals surface area contributed by atoms with E-state index in [9.17, 15) is 22.0 Å². The fourth-order valence-corrected chi connectivity index (χ4v) is 2.66. The highest BCUT2D eigenvalue weighted by Crippen LogP contribution is 2.14. The molecule has 2 N–H and O–H groups in total. The molecule has 0 aliphatic heterocycles. The molecule has 2 rings (SSSR count). The first-order valence-corrected chi connectivity index (χ1v) is 7.52. The topological polar surface area (TPSA) is 88.4 Å². The van der Waals surface area contributed by atoms with Crippen molar-refractivity contribution in [2.75, 3.05) is 0 Å². The first kappa shape index (κ1) is 16.1. The van der Waals surface area contributed by atoms with E-state index in [0.29, 0.717) is 29.7 Å². The Morgan fingerprint density at radius 1 is 1.09 bits per heavy atom. The van der Waals surface area contributed by atoms with Crippen LogP contribution in [0, 0.1) is 25.5 Å². The van der Waals surface area contributed by atoms with Gasteiger partial charge in [-0.2, -0.15) is 0 Å². The van der Waals surface area contributed by atoms with Gasteiger partial charge in [-0.15, -0.1) is 4.83 Å². The van der Waals surface area contributed by atoms with Crippen molar-refractivity contribution in [2.24, 2.45) is 0 Å². The maximum Gasteiger partial charge on any atom is 0.269 e. The molecule has 1 heterocycles. The van der Waals surface area contributed by atoms with Crippen LogP contribution in [0.15, 0.2) is 33.6 Å². The number of hydrazine groups is 1. The fourth-order valence-electron chi connectivity index (χ4n) is 1.78. The van der Waals surface area contributed by atoms with Crippen molar-refractivity contribution in [1.82, 2.24) is 10.3 Å². The largest absolute Gasteiger partial charge is 0.466 e. The van der Waals surface area contributed by atoms with Gasteiger partial charge in [0, 0.05) is 6.07 Å². The Hall–Kier alpha value is -2.26. The van der Waals surface area contributed by atoms with Gasteiger partial charge in [0.15, 0.2) is 0 Å². The molecule has 0 aliphatic carbocycles. The Labute approximate surface area is 125 Å². The predicted octanol–water partition coefficient (Wildman–Crippen LogP) is 1.80. The number of hydrogen-bond donors (Lipinski definition) is 2. The minimum Gasteiger partial charge on any atom is -0.466 e. The van der Waals surface area contributed by atoms with Gasteiger partial charge in [0.05, 0.1) is 10.5 Å². The van der Waals surface area contributed by atoms with Gasteiger partial charge in [-0.05, 0) is 32.0 Å². The summed E-state index contributed by atoms with van der Waals surface area (Å²) >= 11 is 0. The zero-order valence-electron chi connectivity index (χ0n) is 11.6. The van der Waals surface area contributed by atoms with Crippen molar-refractivity contribution in [1.29, 1.82) is 0 Å². The number of rotatable bonds is 4. The van der Waals surface area contributed by atoms with Crippen molar-refractivity contribution >= 4 is 15.9 Å². The van der Waals surface area contributed by atoms with Crippen molar-refractivity contribution in [3.8, 4) is 0 Å². The van der Waals surface area contributed by atoms with Crippen LogP contribution in [0.2, 0.25) is 0 Å². The molecule has 0 spiro atoms. The first-order chi connectivity index (χ1) is 10.2. The number of halogens is 2. The molecule has 2 aromatic rings. The Bertz CT molecular complexity index is 810. The van der Waals surface area contributed by atoms with Crippen LogP contribution in [0.3, 0.4) is 0 Å². The molecule has 0 bridgehead atoms. The van der Waals surface area contributed by atoms with Crippen molar-refractivity contribution in [2.45, 2.75) is 18.7 Å². The lowest BCUT2D eigenvalue weighted by molar-refractivity contribution is 0.0943. The van der Waals surface area contributed by atoms with E-state index in [1.807, 2.05) is 5.43 Å². The van der Waals surface area contributed by atoms with E-state index in [-0.39, 0.29) is 5.56 Å². The molecule has 0 atom stereocenters. The molecule has 1 aromatic heterocycles. The van der Waals surface area contributed by atoms with Crippen LogP contribution in [0.1, 0.15) is 21.9 Å². The van der Waals surface area contributed by atoms with E-state index < -0.39 is 32.5 Å². The van der Waals surface area contributed by atoms with Crippen LogP contribution in [-0.4, -0.2) is 14.3 Å². The summed E-state index contributed by atoms with van der Waals surface area (Å²) in [6.07, 6.45) is 0. The van der Waals surface area contributed by atoms with Gasteiger partial charge < -0.3 is 4.42 Å². The predicted molar refractivity (Wildman–Crippen MR) is 72.3 cm³/mol. The summed E-state index contributed by atoms with van der Waals surface area (Å²) in [7, 11) is -4.31. The Morgan fingerprint density at radius 2 is 1.68 bits per heavy atom. The van der Waals surface area contributed by atoms with Gasteiger partial charge in [0.25, 0.3) is 15.9 Å². The summed E-state index contributed by atoms with van der Waals surface area (Å²) in [5, 5.41) is 0. The summed E-state index contributed by atoms with van der Waals surface area (Å²) in [6, 6.07) is 3.23. The second-order valence-electron chi connectivity index (χ2n) is 4.49. The quantitative estimate of drug-likeness (QED) is 0.837. The first-order valence-electron chi connectivity index (χ1n) is 6.04. The monoisotopic (exact) mass is 330 g/mol. The maximum absolute atomic E-state index is 13.0. The third-order valence-corrected chi connectivity index (χ3v) is 3.96. The van der Waals surface area contributed by atoms with Gasteiger partial charge in [-0.3, -0.25) is 10.2 Å². The second-order valence-corrected chi connectivity index (χ2v) is 6.17. The molecule has 0 saturated heterocycles. The number of sulfonamides is 1. The summed E-state index contributed by atoms with van der Waals surface area (Å²) in [4.78, 5) is 13.0. The average Bonchev–Trinajstić information content (AvgIpc) is 2.74. The Balaban J connectivity index is 2.16. The van der Waals surface area contributed by atoms with Crippen molar-refractivity contribution in [3.63, 3.8) is 0 Å². The maximum atomic E-state index is 13.0. The third kappa shape index (κ3) is 3.49. The van der Waals surface area contributed by atoms with Gasteiger partial charge in [0.1, 0.15) is 23.2 Å². The molecular formula is C13H12F2N2O4S. The normalized spacial score (nSPS) is 11.5. The molecule has 6 nitrogen and oxygen atoms in total. The fraction of sp³-hybridized carbons (Fsp3) is 0.154. The molecule has 0 saturated carbocycles. The van der Waals surface area contributed by atoms with Gasteiger partial charge in [-0.1, -0.05) is 0 Å². The molecular weight excluding hydrogens is 318 g/mol. The standard InChI is InChI=1S/C13H12F2N2O4S/c1-7-3-12(8(2)21-7)13(18)16-17-22(19,20)11-5-9(14)4-10(15)6-11/h3-6,17H,1-2H3,(H,16,18). The molecule has 0 unspecified atom stereocenters. The molecule has 0 aliphatic rings. The van der Waals surface area contributed by atoms with E-state index in [1.54, 1.807) is 18.7 Å². The van der Waals surface area contributed by atoms with Crippen molar-refractivity contribution < 1.29 is 26.4 Å². The highest BCUT2D eigenvalue weighted by Gasteiger charge is 2.19. The molecule has 118 valence electrons. The Morgan fingerprint density at radius 3 is 2.18 bits per heavy atom. The number of carbonyl (C=O) groups is 1. The highest BCUT2D eigenvalue weighted by atomic mass is 32.2. The number of amides is 1. The minimum atomic E-state index is -4.31. The lowest BCUT2D eigenvalue weighted by atomic mass is 10.2. The van der Waals surface area contributed by atoms with Crippen LogP contribution >= 0.6 is 0 Å². The average molecular weight is 330 g/mol. The lowest BCUT2D eigenvalue weighted by Crippen LogP contribution is -2.41. The minimum absolute atomic E-state index is 0.144. The van der Waals surface area contributed by atoms with E-state index in [2.05, 4.69) is 0 Å². The zero-order chi connectivity index (χ0) is 16.5. The number of benzene rings is 1. The van der Waals surface area contributed by atoms with Gasteiger partial charge >= 0.3 is 0 Å². The van der Waals surface area contributed by atoms with Gasteiger partial charge in [0.2, 0.25) is 0 Å². The number of nitrogens with one attached hydrogen (secondary N) is 2. The van der Waals surface area contributed by atoms with E-state index in [0.717, 1.165) is 0 Å². The molecule has 1 aromatic carbocycles. The van der Waals surface area contributed by atoms with Crippen LogP contribution in [0.5, 0.6) is 0 Å². The number of carbonyl (C=O) groups excluding carboxylic acids is 1. The van der Waals surface area contributed by atoms with E-state index in [1.165, 1.54) is 6.07 Å². The highest BCUT2D eigenvalue weighted by molar-refractivity contribution is 7.89. The Kier molecular flexibility index (Phi) is 4.29. The van der Waals surface area contributed by atoms with Crippen molar-refractivity contribution in [3.05, 3.63) is 53.0 Å². The number of aryl methyl sites for hydroxylation is 2. The number of hydrogen-bond acceptors (Lipinski definition) is 4.